The third-order valence-corrected chi connectivity index (χ3v) is 7.19. The number of methoxy groups -OCH3 is 1. The van der Waals surface area contributed by atoms with Crippen LogP contribution in [0.15, 0.2) is 48.5 Å². The van der Waals surface area contributed by atoms with Crippen molar-refractivity contribution >= 4 is 39.3 Å². The van der Waals surface area contributed by atoms with Gasteiger partial charge in [-0.15, -0.1) is 0 Å². The van der Waals surface area contributed by atoms with E-state index in [2.05, 4.69) is 4.18 Å². The molecule has 194 valence electrons. The van der Waals surface area contributed by atoms with Crippen LogP contribution in [0, 0.1) is 0 Å². The van der Waals surface area contributed by atoms with E-state index in [1.54, 1.807) is 18.2 Å². The Labute approximate surface area is 217 Å². The highest BCUT2D eigenvalue weighted by atomic mass is 35.5. The van der Waals surface area contributed by atoms with Crippen molar-refractivity contribution in [2.45, 2.75) is 11.1 Å². The zero-order valence-corrected chi connectivity index (χ0v) is 20.7. The highest BCUT2D eigenvalue weighted by molar-refractivity contribution is 7.88. The van der Waals surface area contributed by atoms with E-state index in [4.69, 9.17) is 42.1 Å². The maximum absolute atomic E-state index is 12.9. The van der Waals surface area contributed by atoms with Gasteiger partial charge in [-0.1, -0.05) is 41.4 Å². The molecule has 37 heavy (non-hydrogen) atoms. The zero-order valence-electron chi connectivity index (χ0n) is 18.4. The number of ether oxygens (including phenoxy) is 4. The van der Waals surface area contributed by atoms with E-state index in [1.165, 1.54) is 25.3 Å². The number of alkyl halides is 3. The van der Waals surface area contributed by atoms with Gasteiger partial charge in [0.2, 0.25) is 0 Å². The fourth-order valence-corrected chi connectivity index (χ4v) is 5.07. The molecule has 0 bridgehead atoms. The van der Waals surface area contributed by atoms with Crippen LogP contribution in [0.2, 0.25) is 10.0 Å². The van der Waals surface area contributed by atoms with Crippen molar-refractivity contribution in [3.8, 4) is 23.0 Å². The molecule has 0 aromatic heterocycles. The van der Waals surface area contributed by atoms with Gasteiger partial charge in [-0.3, -0.25) is 0 Å². The van der Waals surface area contributed by atoms with E-state index < -0.39 is 38.0 Å². The molecule has 5 rings (SSSR count). The average Bonchev–Trinajstić information content (AvgIpc) is 3.12. The highest BCUT2D eigenvalue weighted by Gasteiger charge is 2.54. The summed E-state index contributed by atoms with van der Waals surface area (Å²) in [6, 6.07) is 11.2. The molecule has 0 fully saturated rings. The summed E-state index contributed by atoms with van der Waals surface area (Å²) in [7, 11) is -4.65. The third kappa shape index (κ3) is 3.95. The minimum atomic E-state index is -6.04. The first kappa shape index (κ1) is 25.5. The van der Waals surface area contributed by atoms with Gasteiger partial charge < -0.3 is 23.1 Å². The fourth-order valence-electron chi connectivity index (χ4n) is 4.13. The minimum Gasteiger partial charge on any atom is -0.466 e. The number of esters is 1. The second kappa shape index (κ2) is 8.69. The first-order valence-corrected chi connectivity index (χ1v) is 12.4. The summed E-state index contributed by atoms with van der Waals surface area (Å²) in [5.41, 5.74) is -6.44. The number of rotatable bonds is 5. The molecule has 0 saturated carbocycles. The lowest BCUT2D eigenvalue weighted by atomic mass is 9.77. The Balaban J connectivity index is 1.76. The fraction of sp³-hybridized carbons (Fsp3) is 0.174. The molecular formula is C23H13Cl2F3O8S. The summed E-state index contributed by atoms with van der Waals surface area (Å²) in [5.74, 6) is -1.54. The standard InChI is InChI=1S/C23H13Cl2F3O8S/c1-32-10-33-19-8-17-13(6-15(19)24)22(12-5-3-2-4-11(12)21(29)35-22)14-7-16(25)20(9-18(14)34-17)36-37(30,31)23(26,27)28/h2-9H,10H2,1H3. The number of hydrogen-bond donors (Lipinski definition) is 0. The van der Waals surface area contributed by atoms with Gasteiger partial charge in [0.1, 0.15) is 17.2 Å². The Morgan fingerprint density at radius 1 is 0.946 bits per heavy atom. The summed E-state index contributed by atoms with van der Waals surface area (Å²) in [6.45, 7) is -0.166. The molecule has 2 heterocycles. The number of benzene rings is 3. The van der Waals surface area contributed by atoms with E-state index in [0.717, 1.165) is 12.1 Å². The summed E-state index contributed by atoms with van der Waals surface area (Å²) in [6.07, 6.45) is 0. The molecule has 1 unspecified atom stereocenters. The van der Waals surface area contributed by atoms with Crippen molar-refractivity contribution in [1.82, 2.24) is 0 Å². The van der Waals surface area contributed by atoms with Crippen molar-refractivity contribution in [2.75, 3.05) is 13.9 Å². The largest absolute Gasteiger partial charge is 0.534 e. The number of fused-ring (bicyclic) bond motifs is 6. The lowest BCUT2D eigenvalue weighted by Crippen LogP contribution is -2.33. The summed E-state index contributed by atoms with van der Waals surface area (Å²) >= 11 is 12.6. The van der Waals surface area contributed by atoms with Crippen LogP contribution in [0.5, 0.6) is 23.0 Å². The predicted octanol–water partition coefficient (Wildman–Crippen LogP) is 5.77. The van der Waals surface area contributed by atoms with E-state index in [1.807, 2.05) is 0 Å². The molecule has 0 N–H and O–H groups in total. The average molecular weight is 577 g/mol. The summed E-state index contributed by atoms with van der Waals surface area (Å²) < 4.78 is 88.4. The van der Waals surface area contributed by atoms with Gasteiger partial charge in [-0.05, 0) is 18.2 Å². The van der Waals surface area contributed by atoms with Crippen molar-refractivity contribution in [3.63, 3.8) is 0 Å². The molecular weight excluding hydrogens is 564 g/mol. The Morgan fingerprint density at radius 3 is 2.16 bits per heavy atom. The van der Waals surface area contributed by atoms with E-state index >= 15 is 0 Å². The van der Waals surface area contributed by atoms with Crippen molar-refractivity contribution < 1.29 is 49.5 Å². The monoisotopic (exact) mass is 576 g/mol. The molecule has 14 heteroatoms. The number of halogens is 5. The predicted molar refractivity (Wildman–Crippen MR) is 123 cm³/mol. The molecule has 0 amide bonds. The molecule has 8 nitrogen and oxygen atoms in total. The van der Waals surface area contributed by atoms with Crippen LogP contribution in [0.4, 0.5) is 13.2 Å². The Hall–Kier alpha value is -3.19. The molecule has 2 aliphatic rings. The van der Waals surface area contributed by atoms with Crippen LogP contribution < -0.4 is 13.7 Å². The maximum atomic E-state index is 12.9. The van der Waals surface area contributed by atoms with Gasteiger partial charge in [0.25, 0.3) is 0 Å². The quantitative estimate of drug-likeness (QED) is 0.163. The molecule has 3 aromatic rings. The lowest BCUT2D eigenvalue weighted by Gasteiger charge is -2.37. The van der Waals surface area contributed by atoms with E-state index in [-0.39, 0.29) is 45.8 Å². The molecule has 2 aliphatic heterocycles. The van der Waals surface area contributed by atoms with E-state index in [0.29, 0.717) is 5.56 Å². The topological polar surface area (TPSA) is 97.4 Å². The zero-order chi connectivity index (χ0) is 26.8. The molecule has 0 aliphatic carbocycles. The highest BCUT2D eigenvalue weighted by Crippen LogP contribution is 2.58. The van der Waals surface area contributed by atoms with Crippen LogP contribution >= 0.6 is 23.2 Å². The van der Waals surface area contributed by atoms with Gasteiger partial charge in [-0.2, -0.15) is 21.6 Å². The first-order valence-electron chi connectivity index (χ1n) is 10.2. The molecule has 1 atom stereocenters. The number of carbonyl (C=O) groups is 1. The second-order valence-corrected chi connectivity index (χ2v) is 10.2. The van der Waals surface area contributed by atoms with Gasteiger partial charge in [0.15, 0.2) is 18.1 Å². The lowest BCUT2D eigenvalue weighted by molar-refractivity contribution is -0.0500. The molecule has 0 saturated heterocycles. The Bertz CT molecular complexity index is 1560. The molecule has 3 aromatic carbocycles. The van der Waals surface area contributed by atoms with Crippen molar-refractivity contribution in [1.29, 1.82) is 0 Å². The van der Waals surface area contributed by atoms with Crippen LogP contribution in [0.3, 0.4) is 0 Å². The Kier molecular flexibility index (Phi) is 5.98. The Morgan fingerprint density at radius 2 is 1.54 bits per heavy atom. The third-order valence-electron chi connectivity index (χ3n) is 5.63. The van der Waals surface area contributed by atoms with Crippen LogP contribution in [-0.4, -0.2) is 33.8 Å². The van der Waals surface area contributed by atoms with Crippen molar-refractivity contribution in [3.05, 3.63) is 80.8 Å². The molecule has 1 spiro atoms. The van der Waals surface area contributed by atoms with Crippen LogP contribution in [0.1, 0.15) is 27.0 Å². The van der Waals surface area contributed by atoms with Gasteiger partial charge >= 0.3 is 21.6 Å². The van der Waals surface area contributed by atoms with E-state index in [9.17, 15) is 26.4 Å². The smallest absolute Gasteiger partial charge is 0.466 e. The summed E-state index contributed by atoms with van der Waals surface area (Å²) in [5, 5.41) is -0.394. The minimum absolute atomic E-state index is 0.0551. The van der Waals surface area contributed by atoms with Crippen LogP contribution in [0.25, 0.3) is 0 Å². The maximum Gasteiger partial charge on any atom is 0.534 e. The van der Waals surface area contributed by atoms with Gasteiger partial charge in [-0.25, -0.2) is 4.79 Å². The van der Waals surface area contributed by atoms with Gasteiger partial charge in [0.05, 0.1) is 15.6 Å². The molecule has 0 radical (unpaired) electrons. The first-order chi connectivity index (χ1) is 17.4. The second-order valence-electron chi connectivity index (χ2n) is 7.81. The van der Waals surface area contributed by atoms with Crippen molar-refractivity contribution in [2.24, 2.45) is 0 Å². The number of carbonyl (C=O) groups excluding carboxylic acids is 1. The summed E-state index contributed by atoms with van der Waals surface area (Å²) in [4.78, 5) is 12.9. The number of hydrogen-bond acceptors (Lipinski definition) is 8. The SMILES string of the molecule is COCOc1cc2c(cc1Cl)C1(OC(=O)c3ccccc31)c1cc(Cl)c(OS(=O)(=O)C(F)(F)F)cc1O2. The normalized spacial score (nSPS) is 17.9. The van der Waals surface area contributed by atoms with Gasteiger partial charge in [0, 0.05) is 35.9 Å². The van der Waals surface area contributed by atoms with Crippen LogP contribution in [-0.2, 0) is 25.2 Å².